The molecule has 0 spiro atoms. The first-order chi connectivity index (χ1) is 14.7. The van der Waals surface area contributed by atoms with Gasteiger partial charge in [0.05, 0.1) is 16.9 Å². The highest BCUT2D eigenvalue weighted by Crippen LogP contribution is 2.17. The van der Waals surface area contributed by atoms with Crippen molar-refractivity contribution in [2.24, 2.45) is 5.92 Å². The van der Waals surface area contributed by atoms with E-state index in [1.54, 1.807) is 37.3 Å². The van der Waals surface area contributed by atoms with Crippen LogP contribution in [0.2, 0.25) is 0 Å². The molecule has 2 aromatic rings. The molecular weight excluding hydrogens is 424 g/mol. The molecule has 1 atom stereocenters. The molecule has 0 radical (unpaired) electrons. The minimum absolute atomic E-state index is 0.0274. The summed E-state index contributed by atoms with van der Waals surface area (Å²) in [6.45, 7) is 1.60. The van der Waals surface area contributed by atoms with Gasteiger partial charge in [0.25, 0.3) is 15.7 Å². The fraction of sp³-hybridized carbons (Fsp3) is 0.238. The summed E-state index contributed by atoms with van der Waals surface area (Å²) >= 11 is 0. The molecule has 0 saturated carbocycles. The number of rotatable bonds is 10. The van der Waals surface area contributed by atoms with E-state index in [0.717, 1.165) is 5.41 Å². The summed E-state index contributed by atoms with van der Waals surface area (Å²) in [6, 6.07) is 14.3. The van der Waals surface area contributed by atoms with Crippen LogP contribution in [0.4, 0.5) is 5.69 Å². The quantitative estimate of drug-likeness (QED) is 0.257. The lowest BCUT2D eigenvalue weighted by Gasteiger charge is -2.15. The lowest BCUT2D eigenvalue weighted by Crippen LogP contribution is -2.39. The minimum atomic E-state index is -4.13. The van der Waals surface area contributed by atoms with Gasteiger partial charge < -0.3 is 4.74 Å². The second-order valence-corrected chi connectivity index (χ2v) is 8.06. The van der Waals surface area contributed by atoms with E-state index in [2.05, 4.69) is 0 Å². The van der Waals surface area contributed by atoms with E-state index in [1.807, 2.05) is 4.72 Å². The van der Waals surface area contributed by atoms with E-state index in [1.165, 1.54) is 30.3 Å². The number of aryl methyl sites for hydroxylation is 1. The van der Waals surface area contributed by atoms with E-state index in [4.69, 9.17) is 4.74 Å². The number of amides is 1. The van der Waals surface area contributed by atoms with Crippen LogP contribution in [0.15, 0.2) is 60.0 Å². The summed E-state index contributed by atoms with van der Waals surface area (Å²) in [5.41, 5.74) is 1.19. The molecule has 2 rings (SSSR count). The Morgan fingerprint density at radius 3 is 2.35 bits per heavy atom. The van der Waals surface area contributed by atoms with Gasteiger partial charge in [0.15, 0.2) is 0 Å². The normalized spacial score (nSPS) is 12.3. The van der Waals surface area contributed by atoms with Crippen molar-refractivity contribution < 1.29 is 27.7 Å². The maximum atomic E-state index is 12.5. The highest BCUT2D eigenvalue weighted by molar-refractivity contribution is 7.93. The average molecular weight is 446 g/mol. The molecule has 0 bridgehead atoms. The third kappa shape index (κ3) is 7.67. The first-order valence-electron chi connectivity index (χ1n) is 9.41. The molecule has 1 unspecified atom stereocenters. The second kappa shape index (κ2) is 11.0. The number of carbonyl (C=O) groups excluding carboxylic acids is 2. The molecule has 1 amide bonds. The van der Waals surface area contributed by atoms with Crippen LogP contribution in [-0.2, 0) is 30.8 Å². The maximum absolute atomic E-state index is 12.5. The predicted octanol–water partition coefficient (Wildman–Crippen LogP) is 2.82. The molecule has 0 aromatic heterocycles. The van der Waals surface area contributed by atoms with Crippen LogP contribution in [0, 0.1) is 16.0 Å². The second-order valence-electron chi connectivity index (χ2n) is 6.49. The Labute approximate surface area is 179 Å². The van der Waals surface area contributed by atoms with Crippen molar-refractivity contribution >= 4 is 33.7 Å². The van der Waals surface area contributed by atoms with Crippen molar-refractivity contribution in [3.05, 3.63) is 81.2 Å². The van der Waals surface area contributed by atoms with Crippen LogP contribution in [0.3, 0.4) is 0 Å². The monoisotopic (exact) mass is 446 g/mol. The number of carbonyl (C=O) groups is 2. The van der Waals surface area contributed by atoms with E-state index in [-0.39, 0.29) is 25.1 Å². The number of non-ortho nitro benzene ring substituents is 1. The molecule has 0 saturated heterocycles. The smallest absolute Gasteiger partial charge is 0.318 e. The SMILES string of the molecule is CCOC(=O)C(CCc1ccc([N+](=O)[O-])cc1)C(=O)NS(=O)(=O)C=Cc1ccccc1. The number of sulfonamides is 1. The number of hydrogen-bond donors (Lipinski definition) is 1. The molecule has 9 nitrogen and oxygen atoms in total. The molecule has 0 aliphatic rings. The zero-order valence-electron chi connectivity index (χ0n) is 16.8. The Hall–Kier alpha value is -3.53. The lowest BCUT2D eigenvalue weighted by molar-refractivity contribution is -0.384. The van der Waals surface area contributed by atoms with Gasteiger partial charge in [0.2, 0.25) is 5.91 Å². The zero-order chi connectivity index (χ0) is 22.9. The van der Waals surface area contributed by atoms with E-state index >= 15 is 0 Å². The number of ether oxygens (including phenoxy) is 1. The van der Waals surface area contributed by atoms with Crippen molar-refractivity contribution in [2.45, 2.75) is 19.8 Å². The molecule has 0 aliphatic heterocycles. The highest BCUT2D eigenvalue weighted by atomic mass is 32.2. The van der Waals surface area contributed by atoms with Crippen LogP contribution < -0.4 is 4.72 Å². The Morgan fingerprint density at radius 2 is 1.77 bits per heavy atom. The summed E-state index contributed by atoms with van der Waals surface area (Å²) in [4.78, 5) is 35.0. The first kappa shape index (κ1) is 23.7. The summed E-state index contributed by atoms with van der Waals surface area (Å²) in [5, 5.41) is 11.6. The van der Waals surface area contributed by atoms with Gasteiger partial charge in [-0.2, -0.15) is 0 Å². The van der Waals surface area contributed by atoms with Crippen molar-refractivity contribution in [3.8, 4) is 0 Å². The molecule has 1 N–H and O–H groups in total. The van der Waals surface area contributed by atoms with Gasteiger partial charge >= 0.3 is 5.97 Å². The number of nitro benzene ring substituents is 1. The molecule has 2 aromatic carbocycles. The topological polar surface area (TPSA) is 133 Å². The molecule has 0 aliphatic carbocycles. The maximum Gasteiger partial charge on any atom is 0.318 e. The number of hydrogen-bond acceptors (Lipinski definition) is 7. The van der Waals surface area contributed by atoms with Gasteiger partial charge in [-0.15, -0.1) is 0 Å². The summed E-state index contributed by atoms with van der Waals surface area (Å²) < 4.78 is 31.3. The third-order valence-corrected chi connectivity index (χ3v) is 5.22. The van der Waals surface area contributed by atoms with Gasteiger partial charge in [-0.1, -0.05) is 42.5 Å². The van der Waals surface area contributed by atoms with Crippen LogP contribution in [0.5, 0.6) is 0 Å². The molecule has 0 heterocycles. The third-order valence-electron chi connectivity index (χ3n) is 4.24. The van der Waals surface area contributed by atoms with Crippen molar-refractivity contribution in [1.29, 1.82) is 0 Å². The minimum Gasteiger partial charge on any atom is -0.465 e. The number of nitrogens with one attached hydrogen (secondary N) is 1. The van der Waals surface area contributed by atoms with E-state index in [0.29, 0.717) is 11.1 Å². The summed E-state index contributed by atoms with van der Waals surface area (Å²) in [5.74, 6) is -3.20. The number of nitrogens with zero attached hydrogens (tertiary/aromatic N) is 1. The van der Waals surface area contributed by atoms with Gasteiger partial charge in [0, 0.05) is 12.1 Å². The molecular formula is C21H22N2O7S. The highest BCUT2D eigenvalue weighted by Gasteiger charge is 2.30. The molecule has 10 heteroatoms. The van der Waals surface area contributed by atoms with Gasteiger partial charge in [-0.25, -0.2) is 13.1 Å². The van der Waals surface area contributed by atoms with Crippen LogP contribution in [0.1, 0.15) is 24.5 Å². The fourth-order valence-corrected chi connectivity index (χ4v) is 3.50. The first-order valence-corrected chi connectivity index (χ1v) is 11.0. The van der Waals surface area contributed by atoms with Gasteiger partial charge in [-0.05, 0) is 37.0 Å². The van der Waals surface area contributed by atoms with Crippen molar-refractivity contribution in [3.63, 3.8) is 0 Å². The number of esters is 1. The Bertz CT molecular complexity index is 1050. The Balaban J connectivity index is 2.09. The standard InChI is InChI=1S/C21H22N2O7S/c1-2-30-21(25)19(13-10-17-8-11-18(12-9-17)23(26)27)20(24)22-31(28,29)15-14-16-6-4-3-5-7-16/h3-9,11-12,14-15,19H,2,10,13H2,1H3,(H,22,24). The van der Waals surface area contributed by atoms with Crippen LogP contribution in [-0.4, -0.2) is 31.8 Å². The average Bonchev–Trinajstić information content (AvgIpc) is 2.73. The lowest BCUT2D eigenvalue weighted by atomic mass is 9.99. The van der Waals surface area contributed by atoms with E-state index in [9.17, 15) is 28.1 Å². The fourth-order valence-electron chi connectivity index (χ4n) is 2.67. The van der Waals surface area contributed by atoms with Gasteiger partial charge in [0.1, 0.15) is 5.92 Å². The van der Waals surface area contributed by atoms with E-state index < -0.39 is 32.7 Å². The Morgan fingerprint density at radius 1 is 1.13 bits per heavy atom. The summed E-state index contributed by atoms with van der Waals surface area (Å²) in [7, 11) is -4.13. The van der Waals surface area contributed by atoms with Crippen molar-refractivity contribution in [1.82, 2.24) is 4.72 Å². The Kier molecular flexibility index (Phi) is 8.44. The molecule has 164 valence electrons. The number of nitro groups is 1. The molecule has 31 heavy (non-hydrogen) atoms. The summed E-state index contributed by atoms with van der Waals surface area (Å²) in [6.07, 6.45) is 1.51. The largest absolute Gasteiger partial charge is 0.465 e. The molecule has 0 fully saturated rings. The zero-order valence-corrected chi connectivity index (χ0v) is 17.6. The number of benzene rings is 2. The van der Waals surface area contributed by atoms with Crippen LogP contribution >= 0.6 is 0 Å². The van der Waals surface area contributed by atoms with Gasteiger partial charge in [-0.3, -0.25) is 19.7 Å². The van der Waals surface area contributed by atoms with Crippen molar-refractivity contribution in [2.75, 3.05) is 6.61 Å². The van der Waals surface area contributed by atoms with Crippen LogP contribution in [0.25, 0.3) is 6.08 Å². The predicted molar refractivity (Wildman–Crippen MR) is 114 cm³/mol.